The number of carbonyl (C=O) groups is 2. The van der Waals surface area contributed by atoms with Crippen LogP contribution < -0.4 is 5.32 Å². The van der Waals surface area contributed by atoms with E-state index >= 15 is 0 Å². The normalized spacial score (nSPS) is 22.4. The largest absolute Gasteiger partial charge is 0.446 e. The first-order valence-electron chi connectivity index (χ1n) is 10.1. The molecular weight excluding hydrogens is 362 g/mol. The van der Waals surface area contributed by atoms with Gasteiger partial charge in [-0.1, -0.05) is 20.8 Å². The Hall–Kier alpha value is -1.93. The Labute approximate surface area is 165 Å². The summed E-state index contributed by atoms with van der Waals surface area (Å²) < 4.78 is 16.7. The summed E-state index contributed by atoms with van der Waals surface area (Å²) in [6.45, 7) is 8.32. The molecular formula is C20H31N3O5. The Morgan fingerprint density at radius 1 is 1.18 bits per heavy atom. The smallest absolute Gasteiger partial charge is 0.273 e. The summed E-state index contributed by atoms with van der Waals surface area (Å²) >= 11 is 0. The first kappa shape index (κ1) is 20.8. The van der Waals surface area contributed by atoms with Crippen LogP contribution in [0, 0.1) is 5.41 Å². The molecule has 2 saturated heterocycles. The van der Waals surface area contributed by atoms with E-state index in [4.69, 9.17) is 13.9 Å². The number of oxazole rings is 1. The minimum absolute atomic E-state index is 0.00517. The third-order valence-corrected chi connectivity index (χ3v) is 5.00. The molecule has 8 nitrogen and oxygen atoms in total. The van der Waals surface area contributed by atoms with Gasteiger partial charge in [0, 0.05) is 31.7 Å². The summed E-state index contributed by atoms with van der Waals surface area (Å²) in [7, 11) is 0. The van der Waals surface area contributed by atoms with Crippen LogP contribution >= 0.6 is 0 Å². The lowest BCUT2D eigenvalue weighted by Gasteiger charge is -2.30. The van der Waals surface area contributed by atoms with Crippen LogP contribution in [0.3, 0.4) is 0 Å². The van der Waals surface area contributed by atoms with Gasteiger partial charge in [-0.05, 0) is 25.7 Å². The van der Waals surface area contributed by atoms with Crippen LogP contribution in [0.25, 0.3) is 0 Å². The monoisotopic (exact) mass is 393 g/mol. The molecule has 28 heavy (non-hydrogen) atoms. The van der Waals surface area contributed by atoms with Crippen LogP contribution in [0.15, 0.2) is 10.7 Å². The van der Waals surface area contributed by atoms with Crippen LogP contribution in [0.2, 0.25) is 0 Å². The van der Waals surface area contributed by atoms with E-state index in [1.54, 1.807) is 4.90 Å². The van der Waals surface area contributed by atoms with Crippen molar-refractivity contribution in [2.75, 3.05) is 26.3 Å². The molecule has 2 atom stereocenters. The number of carbonyl (C=O) groups excluding carboxylic acids is 2. The van der Waals surface area contributed by atoms with E-state index in [0.717, 1.165) is 38.9 Å². The predicted octanol–water partition coefficient (Wildman–Crippen LogP) is 2.14. The van der Waals surface area contributed by atoms with E-state index in [1.165, 1.54) is 6.26 Å². The first-order valence-corrected chi connectivity index (χ1v) is 10.1. The Kier molecular flexibility index (Phi) is 6.72. The molecule has 8 heteroatoms. The fraction of sp³-hybridized carbons (Fsp3) is 0.750. The SMILES string of the molecule is CC(C)(C)C(=O)N(Cc1nc(C(=O)NCC2CCCO2)co1)CC1CCCO1. The van der Waals surface area contributed by atoms with Crippen molar-refractivity contribution in [3.05, 3.63) is 17.8 Å². The van der Waals surface area contributed by atoms with Crippen molar-refractivity contribution in [2.45, 2.75) is 65.2 Å². The van der Waals surface area contributed by atoms with Crippen LogP contribution in [0.5, 0.6) is 0 Å². The third kappa shape index (κ3) is 5.54. The van der Waals surface area contributed by atoms with Gasteiger partial charge in [0.05, 0.1) is 18.8 Å². The van der Waals surface area contributed by atoms with Crippen molar-refractivity contribution in [1.29, 1.82) is 0 Å². The molecule has 0 radical (unpaired) electrons. The molecule has 0 aromatic carbocycles. The Morgan fingerprint density at radius 2 is 1.86 bits per heavy atom. The molecule has 3 rings (SSSR count). The number of aromatic nitrogens is 1. The minimum Gasteiger partial charge on any atom is -0.446 e. The number of amides is 2. The first-order chi connectivity index (χ1) is 13.3. The molecule has 1 aromatic rings. The maximum Gasteiger partial charge on any atom is 0.273 e. The van der Waals surface area contributed by atoms with E-state index in [0.29, 0.717) is 19.0 Å². The molecule has 2 aliphatic heterocycles. The van der Waals surface area contributed by atoms with Gasteiger partial charge in [0.15, 0.2) is 5.69 Å². The zero-order chi connectivity index (χ0) is 20.1. The maximum atomic E-state index is 12.9. The lowest BCUT2D eigenvalue weighted by Crippen LogP contribution is -2.43. The number of hydrogen-bond donors (Lipinski definition) is 1. The van der Waals surface area contributed by atoms with E-state index in [1.807, 2.05) is 20.8 Å². The zero-order valence-corrected chi connectivity index (χ0v) is 17.0. The van der Waals surface area contributed by atoms with Gasteiger partial charge in [0.1, 0.15) is 6.26 Å². The number of hydrogen-bond acceptors (Lipinski definition) is 6. The molecule has 0 spiro atoms. The molecule has 2 amide bonds. The molecule has 2 unspecified atom stereocenters. The third-order valence-electron chi connectivity index (χ3n) is 5.00. The fourth-order valence-electron chi connectivity index (χ4n) is 3.48. The van der Waals surface area contributed by atoms with Crippen molar-refractivity contribution < 1.29 is 23.5 Å². The molecule has 0 bridgehead atoms. The summed E-state index contributed by atoms with van der Waals surface area (Å²) in [6, 6.07) is 0. The molecule has 2 aliphatic rings. The summed E-state index contributed by atoms with van der Waals surface area (Å²) in [4.78, 5) is 31.1. The highest BCUT2D eigenvalue weighted by Crippen LogP contribution is 2.22. The average molecular weight is 393 g/mol. The fourth-order valence-corrected chi connectivity index (χ4v) is 3.48. The lowest BCUT2D eigenvalue weighted by atomic mass is 9.94. The van der Waals surface area contributed by atoms with Crippen molar-refractivity contribution in [3.63, 3.8) is 0 Å². The van der Waals surface area contributed by atoms with Crippen LogP contribution in [0.4, 0.5) is 0 Å². The van der Waals surface area contributed by atoms with Crippen molar-refractivity contribution >= 4 is 11.8 Å². The highest BCUT2D eigenvalue weighted by molar-refractivity contribution is 5.91. The number of ether oxygens (including phenoxy) is 2. The number of rotatable bonds is 7. The molecule has 156 valence electrons. The Bertz CT molecular complexity index is 670. The van der Waals surface area contributed by atoms with Gasteiger partial charge < -0.3 is 24.1 Å². The quantitative estimate of drug-likeness (QED) is 0.763. The summed E-state index contributed by atoms with van der Waals surface area (Å²) in [5.74, 6) is 0.0572. The molecule has 3 heterocycles. The second kappa shape index (κ2) is 9.05. The predicted molar refractivity (Wildman–Crippen MR) is 102 cm³/mol. The summed E-state index contributed by atoms with van der Waals surface area (Å²) in [6.07, 6.45) is 5.38. The van der Waals surface area contributed by atoms with Crippen LogP contribution in [-0.4, -0.2) is 60.2 Å². The second-order valence-electron chi connectivity index (χ2n) is 8.54. The van der Waals surface area contributed by atoms with Crippen molar-refractivity contribution in [2.24, 2.45) is 5.41 Å². The topological polar surface area (TPSA) is 93.9 Å². The van der Waals surface area contributed by atoms with Crippen molar-refractivity contribution in [1.82, 2.24) is 15.2 Å². The molecule has 1 N–H and O–H groups in total. The van der Waals surface area contributed by atoms with E-state index < -0.39 is 5.41 Å². The molecule has 2 fully saturated rings. The van der Waals surface area contributed by atoms with Gasteiger partial charge in [-0.3, -0.25) is 9.59 Å². The number of nitrogens with zero attached hydrogens (tertiary/aromatic N) is 2. The van der Waals surface area contributed by atoms with Crippen LogP contribution in [-0.2, 0) is 20.8 Å². The van der Waals surface area contributed by atoms with E-state index in [-0.39, 0.29) is 36.3 Å². The maximum absolute atomic E-state index is 12.9. The standard InChI is InChI=1S/C20H31N3O5/c1-20(2,3)19(25)23(11-15-7-5-9-27-15)12-17-22-16(13-28-17)18(24)21-10-14-6-4-8-26-14/h13-15H,4-12H2,1-3H3,(H,21,24). The summed E-state index contributed by atoms with van der Waals surface area (Å²) in [5.41, 5.74) is -0.305. The van der Waals surface area contributed by atoms with Gasteiger partial charge >= 0.3 is 0 Å². The molecule has 0 saturated carbocycles. The van der Waals surface area contributed by atoms with E-state index in [2.05, 4.69) is 10.3 Å². The van der Waals surface area contributed by atoms with Crippen molar-refractivity contribution in [3.8, 4) is 0 Å². The Balaban J connectivity index is 1.60. The Morgan fingerprint density at radius 3 is 2.46 bits per heavy atom. The minimum atomic E-state index is -0.521. The highest BCUT2D eigenvalue weighted by Gasteiger charge is 2.31. The molecule has 1 aromatic heterocycles. The highest BCUT2D eigenvalue weighted by atomic mass is 16.5. The van der Waals surface area contributed by atoms with Crippen LogP contribution in [0.1, 0.15) is 62.8 Å². The average Bonchev–Trinajstić information content (AvgIpc) is 3.40. The zero-order valence-electron chi connectivity index (χ0n) is 17.0. The van der Waals surface area contributed by atoms with Gasteiger partial charge in [0.25, 0.3) is 5.91 Å². The van der Waals surface area contributed by atoms with Gasteiger partial charge in [-0.25, -0.2) is 4.98 Å². The lowest BCUT2D eigenvalue weighted by molar-refractivity contribution is -0.142. The van der Waals surface area contributed by atoms with E-state index in [9.17, 15) is 9.59 Å². The van der Waals surface area contributed by atoms with Gasteiger partial charge in [-0.15, -0.1) is 0 Å². The van der Waals surface area contributed by atoms with Gasteiger partial charge in [0.2, 0.25) is 11.8 Å². The van der Waals surface area contributed by atoms with Gasteiger partial charge in [-0.2, -0.15) is 0 Å². The summed E-state index contributed by atoms with van der Waals surface area (Å²) in [5, 5.41) is 2.83. The number of nitrogens with one attached hydrogen (secondary N) is 1. The second-order valence-corrected chi connectivity index (χ2v) is 8.54. The molecule has 0 aliphatic carbocycles.